The van der Waals surface area contributed by atoms with Crippen LogP contribution < -0.4 is 10.2 Å². The van der Waals surface area contributed by atoms with Gasteiger partial charge in [0.05, 0.1) is 17.3 Å². The summed E-state index contributed by atoms with van der Waals surface area (Å²) in [6.45, 7) is 1.61. The van der Waals surface area contributed by atoms with Crippen molar-refractivity contribution in [2.75, 3.05) is 25.0 Å². The molecule has 1 aliphatic heterocycles. The molecule has 0 radical (unpaired) electrons. The van der Waals surface area contributed by atoms with Gasteiger partial charge in [-0.25, -0.2) is 14.6 Å². The van der Waals surface area contributed by atoms with Crippen molar-refractivity contribution in [3.63, 3.8) is 0 Å². The maximum absolute atomic E-state index is 11.8. The Bertz CT molecular complexity index is 883. The lowest BCUT2D eigenvalue weighted by Gasteiger charge is -2.32. The number of anilines is 1. The number of hydrogen-bond acceptors (Lipinski definition) is 5. The predicted molar refractivity (Wildman–Crippen MR) is 95.7 cm³/mol. The van der Waals surface area contributed by atoms with Gasteiger partial charge in [-0.3, -0.25) is 4.79 Å². The van der Waals surface area contributed by atoms with E-state index < -0.39 is 0 Å². The van der Waals surface area contributed by atoms with Crippen LogP contribution in [0.1, 0.15) is 12.8 Å². The average Bonchev–Trinajstić information content (AvgIpc) is 3.12. The van der Waals surface area contributed by atoms with Crippen molar-refractivity contribution in [3.05, 3.63) is 42.9 Å². The van der Waals surface area contributed by atoms with Crippen molar-refractivity contribution < 1.29 is 4.79 Å². The number of piperidine rings is 1. The third-order valence-electron chi connectivity index (χ3n) is 4.76. The van der Waals surface area contributed by atoms with Crippen molar-refractivity contribution in [1.29, 1.82) is 0 Å². The van der Waals surface area contributed by atoms with Crippen molar-refractivity contribution in [2.24, 2.45) is 5.92 Å². The van der Waals surface area contributed by atoms with E-state index in [2.05, 4.69) is 25.3 Å². The highest BCUT2D eigenvalue weighted by Crippen LogP contribution is 2.28. The summed E-state index contributed by atoms with van der Waals surface area (Å²) in [5, 5.41) is 8.18. The van der Waals surface area contributed by atoms with E-state index in [4.69, 9.17) is 0 Å². The maximum atomic E-state index is 11.8. The van der Waals surface area contributed by atoms with Crippen LogP contribution in [0.25, 0.3) is 16.7 Å². The molecule has 1 aliphatic rings. The van der Waals surface area contributed by atoms with E-state index in [1.807, 2.05) is 41.2 Å². The summed E-state index contributed by atoms with van der Waals surface area (Å²) in [4.78, 5) is 23.0. The minimum atomic E-state index is 0.0885. The molecule has 7 heteroatoms. The topological polar surface area (TPSA) is 75.9 Å². The third-order valence-corrected chi connectivity index (χ3v) is 4.76. The quantitative estimate of drug-likeness (QED) is 0.789. The Morgan fingerprint density at radius 1 is 1.16 bits per heavy atom. The number of amides is 1. The summed E-state index contributed by atoms with van der Waals surface area (Å²) >= 11 is 0. The molecular formula is C18H20N6O. The summed E-state index contributed by atoms with van der Waals surface area (Å²) in [7, 11) is 1.70. The number of carbonyl (C=O) groups excluding carboxylic acids is 1. The number of aromatic nitrogens is 4. The van der Waals surface area contributed by atoms with E-state index in [9.17, 15) is 4.79 Å². The van der Waals surface area contributed by atoms with E-state index in [1.54, 1.807) is 13.4 Å². The molecule has 1 fully saturated rings. The summed E-state index contributed by atoms with van der Waals surface area (Å²) in [5.41, 5.74) is 1.77. The first kappa shape index (κ1) is 15.6. The molecule has 1 aromatic carbocycles. The molecule has 7 nitrogen and oxygen atoms in total. The van der Waals surface area contributed by atoms with Crippen molar-refractivity contribution >= 4 is 22.8 Å². The lowest BCUT2D eigenvalue weighted by Crippen LogP contribution is -2.40. The van der Waals surface area contributed by atoms with E-state index >= 15 is 0 Å². The van der Waals surface area contributed by atoms with Crippen molar-refractivity contribution in [2.45, 2.75) is 12.8 Å². The smallest absolute Gasteiger partial charge is 0.222 e. The average molecular weight is 336 g/mol. The van der Waals surface area contributed by atoms with Crippen molar-refractivity contribution in [3.8, 4) is 5.69 Å². The van der Waals surface area contributed by atoms with Gasteiger partial charge in [0.1, 0.15) is 12.1 Å². The zero-order valence-corrected chi connectivity index (χ0v) is 14.1. The highest BCUT2D eigenvalue weighted by Gasteiger charge is 2.26. The second-order valence-corrected chi connectivity index (χ2v) is 6.20. The number of nitrogens with zero attached hydrogens (tertiary/aromatic N) is 5. The number of rotatable bonds is 3. The molecule has 1 saturated heterocycles. The summed E-state index contributed by atoms with van der Waals surface area (Å²) in [6.07, 6.45) is 5.07. The number of fused-ring (bicyclic) bond motifs is 1. The molecule has 0 spiro atoms. The Kier molecular flexibility index (Phi) is 4.05. The van der Waals surface area contributed by atoms with Gasteiger partial charge in [-0.05, 0) is 25.0 Å². The SMILES string of the molecule is CNC(=O)C1CCN(c2ncnc3c2cnn3-c2ccccc2)CC1. The Balaban J connectivity index is 1.64. The first-order valence-corrected chi connectivity index (χ1v) is 8.48. The molecule has 0 aliphatic carbocycles. The van der Waals surface area contributed by atoms with Crippen LogP contribution in [0.15, 0.2) is 42.9 Å². The van der Waals surface area contributed by atoms with Gasteiger partial charge in [0, 0.05) is 26.1 Å². The Morgan fingerprint density at radius 2 is 1.92 bits per heavy atom. The van der Waals surface area contributed by atoms with E-state index in [0.29, 0.717) is 0 Å². The first-order chi connectivity index (χ1) is 12.3. The fourth-order valence-electron chi connectivity index (χ4n) is 3.40. The van der Waals surface area contributed by atoms with Gasteiger partial charge in [0.15, 0.2) is 5.65 Å². The fourth-order valence-corrected chi connectivity index (χ4v) is 3.40. The second-order valence-electron chi connectivity index (χ2n) is 6.20. The molecule has 2 aromatic heterocycles. The standard InChI is InChI=1S/C18H20N6O/c1-19-18(25)13-7-9-23(10-8-13)16-15-11-22-24(17(15)21-12-20-16)14-5-3-2-4-6-14/h2-6,11-13H,7-10H2,1H3,(H,19,25). The van der Waals surface area contributed by atoms with Gasteiger partial charge in [-0.15, -0.1) is 0 Å². The first-order valence-electron chi connectivity index (χ1n) is 8.48. The van der Waals surface area contributed by atoms with Crippen LogP contribution in [0.4, 0.5) is 5.82 Å². The maximum Gasteiger partial charge on any atom is 0.222 e. The van der Waals surface area contributed by atoms with Crippen LogP contribution in [-0.2, 0) is 4.79 Å². The van der Waals surface area contributed by atoms with E-state index in [1.165, 1.54) is 0 Å². The van der Waals surface area contributed by atoms with Gasteiger partial charge < -0.3 is 10.2 Å². The summed E-state index contributed by atoms with van der Waals surface area (Å²) in [6, 6.07) is 9.95. The monoisotopic (exact) mass is 336 g/mol. The van der Waals surface area contributed by atoms with Crippen LogP contribution in [0.2, 0.25) is 0 Å². The molecule has 3 heterocycles. The zero-order valence-electron chi connectivity index (χ0n) is 14.1. The molecular weight excluding hydrogens is 316 g/mol. The normalized spacial score (nSPS) is 15.5. The Morgan fingerprint density at radius 3 is 2.64 bits per heavy atom. The zero-order chi connectivity index (χ0) is 17.2. The van der Waals surface area contributed by atoms with Crippen LogP contribution in [0.3, 0.4) is 0 Å². The molecule has 25 heavy (non-hydrogen) atoms. The Hall–Kier alpha value is -2.96. The molecule has 3 aromatic rings. The van der Waals surface area contributed by atoms with Gasteiger partial charge in [0.2, 0.25) is 5.91 Å². The minimum Gasteiger partial charge on any atom is -0.359 e. The van der Waals surface area contributed by atoms with Gasteiger partial charge in [-0.2, -0.15) is 5.10 Å². The lowest BCUT2D eigenvalue weighted by atomic mass is 9.96. The molecule has 1 N–H and O–H groups in total. The third kappa shape index (κ3) is 2.82. The lowest BCUT2D eigenvalue weighted by molar-refractivity contribution is -0.125. The highest BCUT2D eigenvalue weighted by molar-refractivity contribution is 5.88. The predicted octanol–water partition coefficient (Wildman–Crippen LogP) is 1.78. The Labute approximate surface area is 145 Å². The second kappa shape index (κ2) is 6.51. The minimum absolute atomic E-state index is 0.0885. The van der Waals surface area contributed by atoms with Crippen LogP contribution in [0.5, 0.6) is 0 Å². The molecule has 0 atom stereocenters. The number of carbonyl (C=O) groups is 1. The number of benzene rings is 1. The highest BCUT2D eigenvalue weighted by atomic mass is 16.1. The van der Waals surface area contributed by atoms with Crippen molar-refractivity contribution in [1.82, 2.24) is 25.1 Å². The summed E-state index contributed by atoms with van der Waals surface area (Å²) < 4.78 is 1.83. The molecule has 0 saturated carbocycles. The molecule has 128 valence electrons. The molecule has 4 rings (SSSR count). The molecule has 0 unspecified atom stereocenters. The number of hydrogen-bond donors (Lipinski definition) is 1. The number of para-hydroxylation sites is 1. The van der Waals surface area contributed by atoms with E-state index in [-0.39, 0.29) is 11.8 Å². The van der Waals surface area contributed by atoms with Crippen LogP contribution >= 0.6 is 0 Å². The largest absolute Gasteiger partial charge is 0.359 e. The molecule has 0 bridgehead atoms. The summed E-state index contributed by atoms with van der Waals surface area (Å²) in [5.74, 6) is 1.11. The number of nitrogens with one attached hydrogen (secondary N) is 1. The fraction of sp³-hybridized carbons (Fsp3) is 0.333. The van der Waals surface area contributed by atoms with Crippen LogP contribution in [-0.4, -0.2) is 45.8 Å². The van der Waals surface area contributed by atoms with Gasteiger partial charge in [-0.1, -0.05) is 18.2 Å². The van der Waals surface area contributed by atoms with Gasteiger partial charge in [0.25, 0.3) is 0 Å². The molecule has 1 amide bonds. The van der Waals surface area contributed by atoms with E-state index in [0.717, 1.165) is 48.5 Å². The van der Waals surface area contributed by atoms with Crippen LogP contribution in [0, 0.1) is 5.92 Å². The van der Waals surface area contributed by atoms with Gasteiger partial charge >= 0.3 is 0 Å².